The zero-order valence-electron chi connectivity index (χ0n) is 8.58. The van der Waals surface area contributed by atoms with E-state index in [1.807, 2.05) is 6.92 Å². The van der Waals surface area contributed by atoms with Gasteiger partial charge in [-0.2, -0.15) is 0 Å². The second-order valence-corrected chi connectivity index (χ2v) is 3.78. The first-order valence-electron chi connectivity index (χ1n) is 5.02. The number of methoxy groups -OCH3 is 1. The monoisotopic (exact) mass is 188 g/mol. The first kappa shape index (κ1) is 11.0. The van der Waals surface area contributed by atoms with Crippen LogP contribution in [-0.4, -0.2) is 37.6 Å². The summed E-state index contributed by atoms with van der Waals surface area (Å²) in [4.78, 5) is 0. The molecule has 0 radical (unpaired) electrons. The summed E-state index contributed by atoms with van der Waals surface area (Å²) in [5, 5.41) is 10.3. The molecule has 1 heterocycles. The molecular weight excluding hydrogens is 168 g/mol. The minimum Gasteiger partial charge on any atom is -0.387 e. The van der Waals surface area contributed by atoms with Gasteiger partial charge in [0.15, 0.2) is 0 Å². The van der Waals surface area contributed by atoms with E-state index < -0.39 is 5.60 Å². The normalized spacial score (nSPS) is 24.2. The van der Waals surface area contributed by atoms with Crippen molar-refractivity contribution in [2.45, 2.75) is 31.8 Å². The van der Waals surface area contributed by atoms with Crippen LogP contribution in [-0.2, 0) is 9.47 Å². The highest BCUT2D eigenvalue weighted by Crippen LogP contribution is 2.30. The Kier molecular flexibility index (Phi) is 4.16. The maximum atomic E-state index is 10.3. The molecule has 78 valence electrons. The molecule has 3 heteroatoms. The lowest BCUT2D eigenvalue weighted by Crippen LogP contribution is -2.44. The molecule has 1 saturated heterocycles. The van der Waals surface area contributed by atoms with Crippen molar-refractivity contribution in [2.75, 3.05) is 26.9 Å². The number of hydrogen-bond acceptors (Lipinski definition) is 3. The first-order valence-corrected chi connectivity index (χ1v) is 5.02. The molecule has 0 amide bonds. The largest absolute Gasteiger partial charge is 0.387 e. The van der Waals surface area contributed by atoms with Crippen molar-refractivity contribution >= 4 is 0 Å². The summed E-state index contributed by atoms with van der Waals surface area (Å²) in [5.74, 6) is 0.339. The third-order valence-corrected chi connectivity index (χ3v) is 2.99. The molecule has 0 aromatic heterocycles. The summed E-state index contributed by atoms with van der Waals surface area (Å²) in [7, 11) is 1.64. The summed E-state index contributed by atoms with van der Waals surface area (Å²) >= 11 is 0. The van der Waals surface area contributed by atoms with Crippen molar-refractivity contribution in [1.29, 1.82) is 0 Å². The minimum atomic E-state index is -0.640. The highest BCUT2D eigenvalue weighted by molar-refractivity contribution is 4.86. The van der Waals surface area contributed by atoms with Gasteiger partial charge in [-0.15, -0.1) is 0 Å². The molecule has 1 rings (SSSR count). The molecule has 0 saturated carbocycles. The smallest absolute Gasteiger partial charge is 0.0907 e. The zero-order chi connectivity index (χ0) is 9.73. The van der Waals surface area contributed by atoms with Crippen LogP contribution in [0.25, 0.3) is 0 Å². The van der Waals surface area contributed by atoms with Gasteiger partial charge < -0.3 is 14.6 Å². The van der Waals surface area contributed by atoms with Gasteiger partial charge in [-0.1, -0.05) is 6.92 Å². The predicted octanol–water partition coefficient (Wildman–Crippen LogP) is 1.20. The van der Waals surface area contributed by atoms with E-state index in [1.54, 1.807) is 7.11 Å². The summed E-state index contributed by atoms with van der Waals surface area (Å²) in [6.07, 6.45) is 2.66. The molecule has 1 unspecified atom stereocenters. The molecule has 0 aromatic rings. The summed E-state index contributed by atoms with van der Waals surface area (Å²) in [6, 6.07) is 0. The molecule has 0 aliphatic carbocycles. The Labute approximate surface area is 80.0 Å². The van der Waals surface area contributed by atoms with Crippen LogP contribution >= 0.6 is 0 Å². The van der Waals surface area contributed by atoms with Gasteiger partial charge in [0.2, 0.25) is 0 Å². The fraction of sp³-hybridized carbons (Fsp3) is 1.00. The average Bonchev–Trinajstić information content (AvgIpc) is 2.19. The third-order valence-electron chi connectivity index (χ3n) is 2.99. The Morgan fingerprint density at radius 3 is 2.54 bits per heavy atom. The van der Waals surface area contributed by atoms with Crippen LogP contribution < -0.4 is 0 Å². The van der Waals surface area contributed by atoms with Crippen LogP contribution in [0.5, 0.6) is 0 Å². The van der Waals surface area contributed by atoms with Gasteiger partial charge in [0.1, 0.15) is 0 Å². The molecule has 0 aromatic carbocycles. The summed E-state index contributed by atoms with van der Waals surface area (Å²) < 4.78 is 10.3. The minimum absolute atomic E-state index is 0.339. The van der Waals surface area contributed by atoms with Crippen molar-refractivity contribution in [2.24, 2.45) is 5.92 Å². The standard InChI is InChI=1S/C10H20O3/c1-3-10(11,8-12-2)9-4-6-13-7-5-9/h9,11H,3-8H2,1-2H3. The van der Waals surface area contributed by atoms with Gasteiger partial charge in [0.25, 0.3) is 0 Å². The second kappa shape index (κ2) is 4.94. The fourth-order valence-corrected chi connectivity index (χ4v) is 1.99. The summed E-state index contributed by atoms with van der Waals surface area (Å²) in [5.41, 5.74) is -0.640. The van der Waals surface area contributed by atoms with Crippen molar-refractivity contribution in [3.05, 3.63) is 0 Å². The van der Waals surface area contributed by atoms with Gasteiger partial charge in [-0.05, 0) is 25.2 Å². The van der Waals surface area contributed by atoms with Crippen molar-refractivity contribution in [1.82, 2.24) is 0 Å². The molecular formula is C10H20O3. The van der Waals surface area contributed by atoms with Crippen LogP contribution in [0.3, 0.4) is 0 Å². The van der Waals surface area contributed by atoms with E-state index >= 15 is 0 Å². The number of hydrogen-bond donors (Lipinski definition) is 1. The van der Waals surface area contributed by atoms with Crippen molar-refractivity contribution in [3.8, 4) is 0 Å². The molecule has 0 bridgehead atoms. The lowest BCUT2D eigenvalue weighted by atomic mass is 9.80. The molecule has 13 heavy (non-hydrogen) atoms. The number of aliphatic hydroxyl groups is 1. The maximum absolute atomic E-state index is 10.3. The highest BCUT2D eigenvalue weighted by Gasteiger charge is 2.35. The van der Waals surface area contributed by atoms with E-state index in [2.05, 4.69) is 0 Å². The molecule has 1 N–H and O–H groups in total. The van der Waals surface area contributed by atoms with Crippen LogP contribution in [0.1, 0.15) is 26.2 Å². The highest BCUT2D eigenvalue weighted by atomic mass is 16.5. The van der Waals surface area contributed by atoms with Gasteiger partial charge in [-0.3, -0.25) is 0 Å². The van der Waals surface area contributed by atoms with Crippen LogP contribution in [0.4, 0.5) is 0 Å². The van der Waals surface area contributed by atoms with E-state index in [1.165, 1.54) is 0 Å². The molecule has 1 fully saturated rings. The van der Waals surface area contributed by atoms with Gasteiger partial charge in [-0.25, -0.2) is 0 Å². The third kappa shape index (κ3) is 2.66. The Hall–Kier alpha value is -0.120. The van der Waals surface area contributed by atoms with E-state index in [0.717, 1.165) is 32.5 Å². The molecule has 0 spiro atoms. The topological polar surface area (TPSA) is 38.7 Å². The zero-order valence-corrected chi connectivity index (χ0v) is 8.58. The SMILES string of the molecule is CCC(O)(COC)C1CCOCC1. The summed E-state index contributed by atoms with van der Waals surface area (Å²) in [6.45, 7) is 4.00. The van der Waals surface area contributed by atoms with Crippen molar-refractivity contribution in [3.63, 3.8) is 0 Å². The molecule has 1 aliphatic rings. The lowest BCUT2D eigenvalue weighted by Gasteiger charge is -2.37. The van der Waals surface area contributed by atoms with Gasteiger partial charge in [0, 0.05) is 20.3 Å². The van der Waals surface area contributed by atoms with Crippen LogP contribution in [0, 0.1) is 5.92 Å². The first-order chi connectivity index (χ1) is 6.23. The Morgan fingerprint density at radius 1 is 1.46 bits per heavy atom. The van der Waals surface area contributed by atoms with E-state index in [0.29, 0.717) is 12.5 Å². The van der Waals surface area contributed by atoms with Gasteiger partial charge >= 0.3 is 0 Å². The number of rotatable bonds is 4. The lowest BCUT2D eigenvalue weighted by molar-refractivity contribution is -0.105. The quantitative estimate of drug-likeness (QED) is 0.720. The molecule has 1 aliphatic heterocycles. The average molecular weight is 188 g/mol. The van der Waals surface area contributed by atoms with E-state index in [9.17, 15) is 5.11 Å². The fourth-order valence-electron chi connectivity index (χ4n) is 1.99. The van der Waals surface area contributed by atoms with E-state index in [-0.39, 0.29) is 0 Å². The second-order valence-electron chi connectivity index (χ2n) is 3.78. The Balaban J connectivity index is 2.51. The predicted molar refractivity (Wildman–Crippen MR) is 50.7 cm³/mol. The van der Waals surface area contributed by atoms with Crippen LogP contribution in [0.2, 0.25) is 0 Å². The maximum Gasteiger partial charge on any atom is 0.0907 e. The molecule has 3 nitrogen and oxygen atoms in total. The molecule has 1 atom stereocenters. The van der Waals surface area contributed by atoms with Crippen molar-refractivity contribution < 1.29 is 14.6 Å². The van der Waals surface area contributed by atoms with Crippen LogP contribution in [0.15, 0.2) is 0 Å². The van der Waals surface area contributed by atoms with E-state index in [4.69, 9.17) is 9.47 Å². The van der Waals surface area contributed by atoms with Gasteiger partial charge in [0.05, 0.1) is 12.2 Å². The Morgan fingerprint density at radius 2 is 2.08 bits per heavy atom. The number of ether oxygens (including phenoxy) is 2. The Bertz CT molecular complexity index is 143.